The number of hydrogen-bond acceptors (Lipinski definition) is 4. The summed E-state index contributed by atoms with van der Waals surface area (Å²) in [4.78, 5) is 0. The molecule has 0 aromatic carbocycles. The second-order valence-electron chi connectivity index (χ2n) is 7.29. The molecule has 0 aromatic rings. The van der Waals surface area contributed by atoms with E-state index < -0.39 is 18.2 Å². The van der Waals surface area contributed by atoms with Crippen LogP contribution in [0.15, 0.2) is 0 Å². The molecule has 0 radical (unpaired) electrons. The zero-order valence-corrected chi connectivity index (χ0v) is 16.0. The smallest absolute Gasteiger partial charge is 0.0971 e. The lowest BCUT2D eigenvalue weighted by atomic mass is 10.00. The minimum atomic E-state index is -1.02. The Hall–Kier alpha value is -0.160. The van der Waals surface area contributed by atoms with Gasteiger partial charge in [-0.15, -0.1) is 0 Å². The van der Waals surface area contributed by atoms with E-state index in [-0.39, 0.29) is 6.61 Å². The van der Waals surface area contributed by atoms with Crippen molar-refractivity contribution in [2.75, 3.05) is 6.61 Å². The van der Waals surface area contributed by atoms with Crippen molar-refractivity contribution in [3.05, 3.63) is 0 Å². The lowest BCUT2D eigenvalue weighted by molar-refractivity contribution is -0.0121. The van der Waals surface area contributed by atoms with E-state index in [0.717, 1.165) is 12.8 Å². The first-order valence-corrected chi connectivity index (χ1v) is 10.4. The molecule has 0 heterocycles. The van der Waals surface area contributed by atoms with E-state index in [2.05, 4.69) is 6.92 Å². The molecule has 0 aliphatic rings. The Balaban J connectivity index is 3.23. The highest BCUT2D eigenvalue weighted by Crippen LogP contribution is 2.14. The first kappa shape index (κ1) is 23.8. The predicted octanol–water partition coefficient (Wildman–Crippen LogP) is 3.90. The number of aliphatic hydroxyl groups is 3. The van der Waals surface area contributed by atoms with Crippen LogP contribution in [-0.4, -0.2) is 40.2 Å². The molecule has 4 nitrogen and oxygen atoms in total. The van der Waals surface area contributed by atoms with Crippen molar-refractivity contribution < 1.29 is 15.3 Å². The van der Waals surface area contributed by atoms with Crippen LogP contribution >= 0.6 is 0 Å². The van der Waals surface area contributed by atoms with Gasteiger partial charge in [-0.3, -0.25) is 0 Å². The van der Waals surface area contributed by atoms with Gasteiger partial charge in [-0.1, -0.05) is 96.8 Å². The van der Waals surface area contributed by atoms with Gasteiger partial charge >= 0.3 is 0 Å². The SMILES string of the molecule is CCCCCCCCCCCCCCCC[C@@H](O)[C@@H](O)[C@H](N)CO. The monoisotopic (exact) mass is 345 g/mol. The summed E-state index contributed by atoms with van der Waals surface area (Å²) in [7, 11) is 0. The topological polar surface area (TPSA) is 86.7 Å². The summed E-state index contributed by atoms with van der Waals surface area (Å²) in [5, 5.41) is 28.3. The van der Waals surface area contributed by atoms with Crippen LogP contribution in [-0.2, 0) is 0 Å². The number of rotatable bonds is 18. The predicted molar refractivity (Wildman–Crippen MR) is 102 cm³/mol. The van der Waals surface area contributed by atoms with Crippen LogP contribution in [0, 0.1) is 0 Å². The number of nitrogens with two attached hydrogens (primary N) is 1. The Bertz CT molecular complexity index is 251. The normalized spacial score (nSPS) is 15.4. The van der Waals surface area contributed by atoms with E-state index in [1.807, 2.05) is 0 Å². The van der Waals surface area contributed by atoms with Gasteiger partial charge in [0.1, 0.15) is 0 Å². The van der Waals surface area contributed by atoms with E-state index in [0.29, 0.717) is 6.42 Å². The third-order valence-corrected chi connectivity index (χ3v) is 4.90. The lowest BCUT2D eigenvalue weighted by Gasteiger charge is -2.22. The largest absolute Gasteiger partial charge is 0.395 e. The molecule has 0 amide bonds. The zero-order valence-electron chi connectivity index (χ0n) is 16.0. The van der Waals surface area contributed by atoms with Crippen LogP contribution in [0.5, 0.6) is 0 Å². The molecule has 0 saturated carbocycles. The Morgan fingerprint density at radius 3 is 1.42 bits per heavy atom. The van der Waals surface area contributed by atoms with Crippen molar-refractivity contribution in [1.29, 1.82) is 0 Å². The Morgan fingerprint density at radius 2 is 1.04 bits per heavy atom. The Kier molecular flexibility index (Phi) is 17.5. The van der Waals surface area contributed by atoms with Crippen LogP contribution in [0.25, 0.3) is 0 Å². The molecule has 0 fully saturated rings. The van der Waals surface area contributed by atoms with Crippen molar-refractivity contribution in [2.45, 2.75) is 121 Å². The van der Waals surface area contributed by atoms with Gasteiger partial charge < -0.3 is 21.1 Å². The molecule has 24 heavy (non-hydrogen) atoms. The fourth-order valence-electron chi connectivity index (χ4n) is 3.11. The average molecular weight is 346 g/mol. The molecule has 0 aromatic heterocycles. The molecule has 0 spiro atoms. The molecular formula is C20H43NO3. The molecule has 0 rings (SSSR count). The van der Waals surface area contributed by atoms with Crippen molar-refractivity contribution in [1.82, 2.24) is 0 Å². The van der Waals surface area contributed by atoms with Gasteiger partial charge in [0.2, 0.25) is 0 Å². The molecule has 4 heteroatoms. The fourth-order valence-corrected chi connectivity index (χ4v) is 3.11. The summed E-state index contributed by atoms with van der Waals surface area (Å²) < 4.78 is 0. The summed E-state index contributed by atoms with van der Waals surface area (Å²) in [6.07, 6.45) is 17.0. The molecule has 0 unspecified atom stereocenters. The second-order valence-corrected chi connectivity index (χ2v) is 7.29. The lowest BCUT2D eigenvalue weighted by Crippen LogP contribution is -2.45. The maximum absolute atomic E-state index is 9.77. The van der Waals surface area contributed by atoms with Crippen molar-refractivity contribution in [3.8, 4) is 0 Å². The van der Waals surface area contributed by atoms with Crippen LogP contribution < -0.4 is 5.73 Å². The van der Waals surface area contributed by atoms with Crippen LogP contribution in [0.2, 0.25) is 0 Å². The van der Waals surface area contributed by atoms with Crippen molar-refractivity contribution >= 4 is 0 Å². The van der Waals surface area contributed by atoms with Gasteiger partial charge in [-0.2, -0.15) is 0 Å². The molecule has 0 bridgehead atoms. The van der Waals surface area contributed by atoms with Crippen molar-refractivity contribution in [2.24, 2.45) is 5.73 Å². The summed E-state index contributed by atoms with van der Waals surface area (Å²) in [6, 6.07) is -0.744. The molecule has 5 N–H and O–H groups in total. The molecule has 3 atom stereocenters. The quantitative estimate of drug-likeness (QED) is 0.284. The standard InChI is InChI=1S/C20H43NO3/c1-2-3-4-5-6-7-8-9-10-11-12-13-14-15-16-19(23)20(24)18(21)17-22/h18-20,22-24H,2-17,21H2,1H3/t18-,19-,20+/m1/s1. The third kappa shape index (κ3) is 14.2. The summed E-state index contributed by atoms with van der Waals surface area (Å²) in [5.74, 6) is 0. The maximum atomic E-state index is 9.77. The molecular weight excluding hydrogens is 302 g/mol. The highest BCUT2D eigenvalue weighted by atomic mass is 16.3. The van der Waals surface area contributed by atoms with Gasteiger partial charge in [0.15, 0.2) is 0 Å². The molecule has 0 aliphatic carbocycles. The first-order valence-electron chi connectivity index (χ1n) is 10.4. The molecule has 0 saturated heterocycles. The molecule has 0 aliphatic heterocycles. The Morgan fingerprint density at radius 1 is 0.667 bits per heavy atom. The van der Waals surface area contributed by atoms with Crippen LogP contribution in [0.3, 0.4) is 0 Å². The highest BCUT2D eigenvalue weighted by molar-refractivity contribution is 4.77. The van der Waals surface area contributed by atoms with Crippen LogP contribution in [0.4, 0.5) is 0 Å². The van der Waals surface area contributed by atoms with Crippen molar-refractivity contribution in [3.63, 3.8) is 0 Å². The van der Waals surface area contributed by atoms with Crippen LogP contribution in [0.1, 0.15) is 103 Å². The number of unbranched alkanes of at least 4 members (excludes halogenated alkanes) is 13. The van der Waals surface area contributed by atoms with Gasteiger partial charge in [0, 0.05) is 0 Å². The summed E-state index contributed by atoms with van der Waals surface area (Å²) in [5.41, 5.74) is 5.51. The average Bonchev–Trinajstić information content (AvgIpc) is 2.60. The fraction of sp³-hybridized carbons (Fsp3) is 1.00. The summed E-state index contributed by atoms with van der Waals surface area (Å²) in [6.45, 7) is 1.97. The Labute approximate surface area is 149 Å². The minimum absolute atomic E-state index is 0.295. The van der Waals surface area contributed by atoms with Gasteiger partial charge in [-0.05, 0) is 6.42 Å². The van der Waals surface area contributed by atoms with E-state index in [1.165, 1.54) is 77.0 Å². The van der Waals surface area contributed by atoms with E-state index in [1.54, 1.807) is 0 Å². The highest BCUT2D eigenvalue weighted by Gasteiger charge is 2.22. The third-order valence-electron chi connectivity index (χ3n) is 4.90. The summed E-state index contributed by atoms with van der Waals surface area (Å²) >= 11 is 0. The minimum Gasteiger partial charge on any atom is -0.395 e. The van der Waals surface area contributed by atoms with E-state index >= 15 is 0 Å². The van der Waals surface area contributed by atoms with E-state index in [4.69, 9.17) is 10.8 Å². The second kappa shape index (κ2) is 17.7. The van der Waals surface area contributed by atoms with E-state index in [9.17, 15) is 10.2 Å². The number of hydrogen-bond donors (Lipinski definition) is 4. The van der Waals surface area contributed by atoms with Gasteiger partial charge in [0.05, 0.1) is 24.9 Å². The first-order chi connectivity index (χ1) is 11.6. The molecule has 146 valence electrons. The van der Waals surface area contributed by atoms with Gasteiger partial charge in [0.25, 0.3) is 0 Å². The van der Waals surface area contributed by atoms with Gasteiger partial charge in [-0.25, -0.2) is 0 Å². The maximum Gasteiger partial charge on any atom is 0.0971 e. The zero-order chi connectivity index (χ0) is 18.0. The number of aliphatic hydroxyl groups excluding tert-OH is 3.